The second-order valence-corrected chi connectivity index (χ2v) is 12.3. The zero-order chi connectivity index (χ0) is 32.6. The quantitative estimate of drug-likeness (QED) is 0.448. The maximum atomic E-state index is 12.6. The molecule has 2 atom stereocenters. The Morgan fingerprint density at radius 2 is 1.74 bits per heavy atom. The smallest absolute Gasteiger partial charge is 0.325 e. The number of hydrogen-bond acceptors (Lipinski definition) is 7. The van der Waals surface area contributed by atoms with Crippen molar-refractivity contribution >= 4 is 41.5 Å². The van der Waals surface area contributed by atoms with Crippen LogP contribution in [0.4, 0.5) is 4.79 Å². The topological polar surface area (TPSA) is 128 Å². The molecule has 1 aromatic carbocycles. The van der Waals surface area contributed by atoms with E-state index in [-0.39, 0.29) is 35.7 Å². The molecule has 1 aromatic rings. The zero-order valence-electron chi connectivity index (χ0n) is 27.1. The molecular formula is C31H51N5O6S. The number of likely N-dealkylation sites (tertiary alicyclic amines) is 1. The number of benzene rings is 1. The lowest BCUT2D eigenvalue weighted by atomic mass is 9.79. The number of ether oxygens (including phenoxy) is 1. The van der Waals surface area contributed by atoms with Gasteiger partial charge < -0.3 is 30.1 Å². The van der Waals surface area contributed by atoms with Crippen LogP contribution >= 0.6 is 11.8 Å². The van der Waals surface area contributed by atoms with Gasteiger partial charge in [-0.2, -0.15) is 0 Å². The minimum absolute atomic E-state index is 0.0486. The van der Waals surface area contributed by atoms with Crippen molar-refractivity contribution in [2.24, 2.45) is 11.3 Å². The van der Waals surface area contributed by atoms with Crippen LogP contribution in [-0.2, 0) is 23.9 Å². The van der Waals surface area contributed by atoms with E-state index in [0.29, 0.717) is 30.6 Å². The number of nitrogens with zero attached hydrogens (tertiary/aromatic N) is 3. The van der Waals surface area contributed by atoms with Crippen molar-refractivity contribution in [1.29, 1.82) is 0 Å². The number of hydrogen-bond donors (Lipinski definition) is 2. The second kappa shape index (κ2) is 19.1. The van der Waals surface area contributed by atoms with Gasteiger partial charge in [-0.15, -0.1) is 11.8 Å². The van der Waals surface area contributed by atoms with Gasteiger partial charge in [0.05, 0.1) is 13.0 Å². The van der Waals surface area contributed by atoms with Crippen LogP contribution in [0.1, 0.15) is 52.5 Å². The Balaban J connectivity index is 0.000000356. The molecule has 2 saturated heterocycles. The minimum atomic E-state index is -0.506. The number of methoxy groups -OCH3 is 1. The fourth-order valence-corrected chi connectivity index (χ4v) is 5.79. The third-order valence-corrected chi connectivity index (χ3v) is 8.69. The van der Waals surface area contributed by atoms with Crippen LogP contribution in [0.25, 0.3) is 0 Å². The summed E-state index contributed by atoms with van der Waals surface area (Å²) in [5.74, 6) is 0.869. The summed E-state index contributed by atoms with van der Waals surface area (Å²) in [6.45, 7) is 11.8. The number of carbonyl (C=O) groups is 5. The van der Waals surface area contributed by atoms with E-state index in [1.54, 1.807) is 11.9 Å². The van der Waals surface area contributed by atoms with E-state index in [1.807, 2.05) is 37.1 Å². The van der Waals surface area contributed by atoms with Gasteiger partial charge >= 0.3 is 12.0 Å². The van der Waals surface area contributed by atoms with Crippen LogP contribution in [0, 0.1) is 18.3 Å². The maximum Gasteiger partial charge on any atom is 0.325 e. The lowest BCUT2D eigenvalue weighted by Gasteiger charge is -2.40. The third-order valence-electron chi connectivity index (χ3n) is 7.68. The van der Waals surface area contributed by atoms with Gasteiger partial charge in [0.25, 0.3) is 0 Å². The summed E-state index contributed by atoms with van der Waals surface area (Å²) in [6, 6.07) is 9.73. The Hall–Kier alpha value is -3.28. The molecule has 0 aliphatic carbocycles. The van der Waals surface area contributed by atoms with Gasteiger partial charge in [-0.25, -0.2) is 4.79 Å². The Morgan fingerprint density at radius 1 is 1.14 bits per heavy atom. The fraction of sp³-hybridized carbons (Fsp3) is 0.645. The summed E-state index contributed by atoms with van der Waals surface area (Å²) in [4.78, 5) is 63.0. The molecule has 2 unspecified atom stereocenters. The number of nitrogens with one attached hydrogen (secondary N) is 2. The van der Waals surface area contributed by atoms with Gasteiger partial charge in [-0.3, -0.25) is 19.2 Å². The van der Waals surface area contributed by atoms with E-state index in [2.05, 4.69) is 48.3 Å². The van der Waals surface area contributed by atoms with Gasteiger partial charge in [-0.1, -0.05) is 63.1 Å². The van der Waals surface area contributed by atoms with Gasteiger partial charge in [0.1, 0.15) is 12.6 Å². The summed E-state index contributed by atoms with van der Waals surface area (Å²) in [6.07, 6.45) is 2.56. The normalized spacial score (nSPS) is 17.6. The Labute approximate surface area is 261 Å². The highest BCUT2D eigenvalue weighted by atomic mass is 32.2. The van der Waals surface area contributed by atoms with Gasteiger partial charge in [0, 0.05) is 51.8 Å². The number of rotatable bonds is 7. The summed E-state index contributed by atoms with van der Waals surface area (Å²) in [5, 5.41) is 5.08. The molecule has 0 spiro atoms. The number of piperidine rings is 1. The lowest BCUT2D eigenvalue weighted by Crippen LogP contribution is -2.51. The highest BCUT2D eigenvalue weighted by Crippen LogP contribution is 2.33. The minimum Gasteiger partial charge on any atom is -0.468 e. The van der Waals surface area contributed by atoms with Crippen molar-refractivity contribution in [3.8, 4) is 0 Å². The van der Waals surface area contributed by atoms with Crippen LogP contribution in [0.15, 0.2) is 30.3 Å². The summed E-state index contributed by atoms with van der Waals surface area (Å²) >= 11 is 1.52. The second-order valence-electron chi connectivity index (χ2n) is 11.3. The average molecular weight is 622 g/mol. The van der Waals surface area contributed by atoms with Crippen LogP contribution in [0.5, 0.6) is 0 Å². The SMILES string of the molecule is CCC(C)CN(C)C(=O)C1(C)CCN(C(=O)NC)CC1.COC(=O)CNC(=O)C1CSCN1C(C)=O.Cc1ccccc1. The van der Waals surface area contributed by atoms with E-state index in [1.165, 1.54) is 36.3 Å². The monoisotopic (exact) mass is 621 g/mol. The molecule has 3 rings (SSSR count). The number of carbonyl (C=O) groups excluding carboxylic acids is 5. The molecular weight excluding hydrogens is 570 g/mol. The van der Waals surface area contributed by atoms with E-state index in [0.717, 1.165) is 25.8 Å². The molecule has 0 aromatic heterocycles. The number of urea groups is 1. The van der Waals surface area contributed by atoms with Gasteiger partial charge in [0.2, 0.25) is 17.7 Å². The van der Waals surface area contributed by atoms with Crippen molar-refractivity contribution in [2.75, 3.05) is 59.0 Å². The number of amides is 5. The number of esters is 1. The highest BCUT2D eigenvalue weighted by Gasteiger charge is 2.39. The molecule has 0 saturated carbocycles. The highest BCUT2D eigenvalue weighted by molar-refractivity contribution is 7.99. The van der Waals surface area contributed by atoms with Crippen molar-refractivity contribution in [3.05, 3.63) is 35.9 Å². The first kappa shape index (κ1) is 37.7. The Bertz CT molecular complexity index is 1050. The maximum absolute atomic E-state index is 12.6. The van der Waals surface area contributed by atoms with Crippen LogP contribution in [-0.4, -0.2) is 109 Å². The lowest BCUT2D eigenvalue weighted by molar-refractivity contribution is -0.143. The molecule has 43 heavy (non-hydrogen) atoms. The van der Waals surface area contributed by atoms with Crippen molar-refractivity contribution in [2.45, 2.75) is 59.9 Å². The first-order chi connectivity index (χ1) is 20.3. The number of thioether (sulfide) groups is 1. The molecule has 2 heterocycles. The molecule has 2 aliphatic rings. The Morgan fingerprint density at radius 3 is 2.21 bits per heavy atom. The molecule has 2 fully saturated rings. The predicted octanol–water partition coefficient (Wildman–Crippen LogP) is 3.12. The molecule has 0 bridgehead atoms. The van der Waals surface area contributed by atoms with E-state index in [9.17, 15) is 24.0 Å². The van der Waals surface area contributed by atoms with Crippen LogP contribution in [0.2, 0.25) is 0 Å². The van der Waals surface area contributed by atoms with Gasteiger partial charge in [0.15, 0.2) is 0 Å². The largest absolute Gasteiger partial charge is 0.468 e. The van der Waals surface area contributed by atoms with Gasteiger partial charge in [-0.05, 0) is 25.7 Å². The molecule has 242 valence electrons. The summed E-state index contributed by atoms with van der Waals surface area (Å²) in [5.41, 5.74) is 0.995. The first-order valence-corrected chi connectivity index (χ1v) is 15.9. The molecule has 11 nitrogen and oxygen atoms in total. The average Bonchev–Trinajstić information content (AvgIpc) is 3.51. The van der Waals surface area contributed by atoms with E-state index in [4.69, 9.17) is 0 Å². The fourth-order valence-electron chi connectivity index (χ4n) is 4.57. The third kappa shape index (κ3) is 12.9. The standard InChI is InChI=1S/C15H29N3O2.C9H14N2O4S.C7H8/c1-6-12(2)11-17(5)13(19)15(3)7-9-18(10-8-15)14(20)16-4;1-6(12)11-5-16-4-7(11)9(14)10-3-8(13)15-2;1-7-5-3-2-4-6-7/h12H,6-11H2,1-5H3,(H,16,20);7H,3-5H2,1-2H3,(H,10,14);2-6H,1H3. The van der Waals surface area contributed by atoms with Crippen molar-refractivity contribution in [1.82, 2.24) is 25.3 Å². The molecule has 5 amide bonds. The Kier molecular flexibility index (Phi) is 16.8. The molecule has 0 radical (unpaired) electrons. The first-order valence-electron chi connectivity index (χ1n) is 14.7. The van der Waals surface area contributed by atoms with Crippen molar-refractivity contribution < 1.29 is 28.7 Å². The molecule has 12 heteroatoms. The molecule has 2 N–H and O–H groups in total. The number of aryl methyl sites for hydroxylation is 1. The van der Waals surface area contributed by atoms with Crippen LogP contribution in [0.3, 0.4) is 0 Å². The van der Waals surface area contributed by atoms with E-state index < -0.39 is 12.0 Å². The molecule has 2 aliphatic heterocycles. The zero-order valence-corrected chi connectivity index (χ0v) is 27.9. The van der Waals surface area contributed by atoms with Crippen molar-refractivity contribution in [3.63, 3.8) is 0 Å². The summed E-state index contributed by atoms with van der Waals surface area (Å²) in [7, 11) is 4.79. The summed E-state index contributed by atoms with van der Waals surface area (Å²) < 4.78 is 4.40. The van der Waals surface area contributed by atoms with E-state index >= 15 is 0 Å². The van der Waals surface area contributed by atoms with Crippen LogP contribution < -0.4 is 10.6 Å². The predicted molar refractivity (Wildman–Crippen MR) is 170 cm³/mol.